The van der Waals surface area contributed by atoms with Crippen molar-refractivity contribution in [2.45, 2.75) is 26.9 Å². The van der Waals surface area contributed by atoms with E-state index >= 15 is 0 Å². The number of aliphatic hydroxyl groups is 1. The largest absolute Gasteiger partial charge is 0.387 e. The molecule has 0 spiro atoms. The Bertz CT molecular complexity index is 903. The molecule has 0 saturated carbocycles. The summed E-state index contributed by atoms with van der Waals surface area (Å²) in [5, 5.41) is 17.1. The summed E-state index contributed by atoms with van der Waals surface area (Å²) in [6.07, 6.45) is -0.783. The number of aromatic nitrogens is 4. The molecule has 0 fully saturated rings. The van der Waals surface area contributed by atoms with Gasteiger partial charge in [0.1, 0.15) is 0 Å². The van der Waals surface area contributed by atoms with Crippen molar-refractivity contribution in [1.82, 2.24) is 24.9 Å². The summed E-state index contributed by atoms with van der Waals surface area (Å²) in [6.45, 7) is 5.74. The maximum Gasteiger partial charge on any atom is 0.291 e. The fourth-order valence-corrected chi connectivity index (χ4v) is 2.60. The van der Waals surface area contributed by atoms with Gasteiger partial charge >= 0.3 is 0 Å². The maximum atomic E-state index is 12.2. The van der Waals surface area contributed by atoms with Crippen molar-refractivity contribution in [3.8, 4) is 0 Å². The van der Waals surface area contributed by atoms with Gasteiger partial charge in [0, 0.05) is 17.9 Å². The van der Waals surface area contributed by atoms with E-state index in [1.54, 1.807) is 0 Å². The predicted octanol–water partition coefficient (Wildman–Crippen LogP) is 1.51. The van der Waals surface area contributed by atoms with E-state index in [4.69, 9.17) is 0 Å². The van der Waals surface area contributed by atoms with E-state index in [9.17, 15) is 9.90 Å². The third kappa shape index (κ3) is 3.11. The zero-order valence-corrected chi connectivity index (χ0v) is 13.8. The van der Waals surface area contributed by atoms with Crippen LogP contribution in [0.3, 0.4) is 0 Å². The third-order valence-electron chi connectivity index (χ3n) is 3.82. The number of hydrogen-bond acceptors (Lipinski definition) is 5. The second-order valence-corrected chi connectivity index (χ2v) is 5.77. The molecular weight excluding hydrogens is 306 g/mol. The van der Waals surface area contributed by atoms with Crippen LogP contribution in [0.2, 0.25) is 0 Å². The highest BCUT2D eigenvalue weighted by atomic mass is 16.3. The van der Waals surface area contributed by atoms with Gasteiger partial charge < -0.3 is 10.4 Å². The number of nitrogens with zero attached hydrogens (tertiary/aromatic N) is 4. The zero-order valence-electron chi connectivity index (χ0n) is 13.8. The lowest BCUT2D eigenvalue weighted by molar-refractivity contribution is 0.0906. The van der Waals surface area contributed by atoms with Gasteiger partial charge in [0.25, 0.3) is 11.7 Å². The second-order valence-electron chi connectivity index (χ2n) is 5.77. The van der Waals surface area contributed by atoms with Crippen molar-refractivity contribution in [1.29, 1.82) is 0 Å². The standard InChI is InChI=1S/C17H19N5O2/c1-10-6-4-5-7-13(10)14(23)9-18-16(24)15-20-17-19-11(2)8-12(3)22(17)21-15/h4-8,14,23H,9H2,1-3H3,(H,18,24). The predicted molar refractivity (Wildman–Crippen MR) is 88.7 cm³/mol. The minimum Gasteiger partial charge on any atom is -0.387 e. The summed E-state index contributed by atoms with van der Waals surface area (Å²) in [6, 6.07) is 9.38. The van der Waals surface area contributed by atoms with Crippen LogP contribution in [0.25, 0.3) is 5.78 Å². The van der Waals surface area contributed by atoms with E-state index in [0.717, 1.165) is 22.5 Å². The average molecular weight is 325 g/mol. The molecule has 124 valence electrons. The number of aryl methyl sites for hydroxylation is 3. The van der Waals surface area contributed by atoms with Crippen molar-refractivity contribution in [2.75, 3.05) is 6.54 Å². The molecule has 0 bridgehead atoms. The quantitative estimate of drug-likeness (QED) is 0.758. The number of fused-ring (bicyclic) bond motifs is 1. The molecule has 2 N–H and O–H groups in total. The minimum atomic E-state index is -0.783. The Morgan fingerprint density at radius 3 is 2.75 bits per heavy atom. The summed E-state index contributed by atoms with van der Waals surface area (Å²) < 4.78 is 1.53. The van der Waals surface area contributed by atoms with Crippen molar-refractivity contribution in [3.05, 3.63) is 58.7 Å². The monoisotopic (exact) mass is 325 g/mol. The number of hydrogen-bond donors (Lipinski definition) is 2. The maximum absolute atomic E-state index is 12.2. The fourth-order valence-electron chi connectivity index (χ4n) is 2.60. The molecule has 0 aliphatic heterocycles. The van der Waals surface area contributed by atoms with Crippen LogP contribution in [0.15, 0.2) is 30.3 Å². The van der Waals surface area contributed by atoms with E-state index in [1.165, 1.54) is 4.52 Å². The number of benzene rings is 1. The number of aliphatic hydroxyl groups excluding tert-OH is 1. The van der Waals surface area contributed by atoms with Crippen molar-refractivity contribution >= 4 is 11.7 Å². The Hall–Kier alpha value is -2.80. The molecule has 3 rings (SSSR count). The second kappa shape index (κ2) is 6.37. The Morgan fingerprint density at radius 1 is 1.25 bits per heavy atom. The van der Waals surface area contributed by atoms with Crippen molar-refractivity contribution in [2.24, 2.45) is 0 Å². The lowest BCUT2D eigenvalue weighted by atomic mass is 10.0. The summed E-state index contributed by atoms with van der Waals surface area (Å²) in [7, 11) is 0. The molecule has 0 aliphatic carbocycles. The first-order valence-electron chi connectivity index (χ1n) is 7.68. The molecule has 0 saturated heterocycles. The van der Waals surface area contributed by atoms with Crippen molar-refractivity contribution in [3.63, 3.8) is 0 Å². The lowest BCUT2D eigenvalue weighted by Crippen LogP contribution is -2.29. The normalized spacial score (nSPS) is 12.3. The topological polar surface area (TPSA) is 92.4 Å². The SMILES string of the molecule is Cc1cc(C)n2nc(C(=O)NCC(O)c3ccccc3C)nc2n1. The average Bonchev–Trinajstić information content (AvgIpc) is 2.97. The molecule has 1 atom stereocenters. The van der Waals surface area contributed by atoms with Crippen LogP contribution < -0.4 is 5.32 Å². The van der Waals surface area contributed by atoms with Crippen LogP contribution in [-0.4, -0.2) is 37.1 Å². The van der Waals surface area contributed by atoms with Crippen LogP contribution in [-0.2, 0) is 0 Å². The molecule has 24 heavy (non-hydrogen) atoms. The van der Waals surface area contributed by atoms with Gasteiger partial charge in [-0.2, -0.15) is 4.98 Å². The number of rotatable bonds is 4. The molecule has 2 aromatic heterocycles. The number of carbonyl (C=O) groups excluding carboxylic acids is 1. The van der Waals surface area contributed by atoms with Gasteiger partial charge in [-0.05, 0) is 38.0 Å². The number of carbonyl (C=O) groups is 1. The van der Waals surface area contributed by atoms with Gasteiger partial charge in [0.15, 0.2) is 0 Å². The number of nitrogens with one attached hydrogen (secondary N) is 1. The first kappa shape index (κ1) is 16.1. The highest BCUT2D eigenvalue weighted by Gasteiger charge is 2.17. The van der Waals surface area contributed by atoms with Gasteiger partial charge in [-0.1, -0.05) is 24.3 Å². The van der Waals surface area contributed by atoms with E-state index in [1.807, 2.05) is 51.1 Å². The smallest absolute Gasteiger partial charge is 0.291 e. The number of amides is 1. The van der Waals surface area contributed by atoms with Gasteiger partial charge in [-0.25, -0.2) is 9.50 Å². The summed E-state index contributed by atoms with van der Waals surface area (Å²) >= 11 is 0. The Morgan fingerprint density at radius 2 is 2.00 bits per heavy atom. The highest BCUT2D eigenvalue weighted by molar-refractivity contribution is 5.90. The van der Waals surface area contributed by atoms with Gasteiger partial charge in [-0.15, -0.1) is 5.10 Å². The van der Waals surface area contributed by atoms with E-state index in [2.05, 4.69) is 20.4 Å². The molecule has 7 nitrogen and oxygen atoms in total. The fraction of sp³-hybridized carbons (Fsp3) is 0.294. The Balaban J connectivity index is 1.73. The molecule has 2 heterocycles. The summed E-state index contributed by atoms with van der Waals surface area (Å²) in [5.74, 6) is -0.0181. The minimum absolute atomic E-state index is 0.0354. The molecule has 7 heteroatoms. The third-order valence-corrected chi connectivity index (χ3v) is 3.82. The van der Waals surface area contributed by atoms with Crippen LogP contribution in [0, 0.1) is 20.8 Å². The first-order valence-corrected chi connectivity index (χ1v) is 7.68. The molecule has 1 unspecified atom stereocenters. The summed E-state index contributed by atoms with van der Waals surface area (Å²) in [5.41, 5.74) is 3.42. The molecular formula is C17H19N5O2. The van der Waals surface area contributed by atoms with E-state index in [-0.39, 0.29) is 12.4 Å². The molecule has 1 amide bonds. The van der Waals surface area contributed by atoms with Gasteiger partial charge in [0.05, 0.1) is 6.10 Å². The van der Waals surface area contributed by atoms with Crippen LogP contribution in [0.4, 0.5) is 0 Å². The van der Waals surface area contributed by atoms with E-state index < -0.39 is 12.0 Å². The van der Waals surface area contributed by atoms with Crippen LogP contribution >= 0.6 is 0 Å². The van der Waals surface area contributed by atoms with Crippen molar-refractivity contribution < 1.29 is 9.90 Å². The van der Waals surface area contributed by atoms with Crippen LogP contribution in [0.5, 0.6) is 0 Å². The Labute approximate surface area is 139 Å². The molecule has 3 aromatic rings. The van der Waals surface area contributed by atoms with E-state index in [0.29, 0.717) is 5.78 Å². The molecule has 0 radical (unpaired) electrons. The van der Waals surface area contributed by atoms with Gasteiger partial charge in [-0.3, -0.25) is 4.79 Å². The molecule has 1 aromatic carbocycles. The van der Waals surface area contributed by atoms with Gasteiger partial charge in [0.2, 0.25) is 5.82 Å². The highest BCUT2D eigenvalue weighted by Crippen LogP contribution is 2.16. The summed E-state index contributed by atoms with van der Waals surface area (Å²) in [4.78, 5) is 20.6. The lowest BCUT2D eigenvalue weighted by Gasteiger charge is -2.13. The first-order chi connectivity index (χ1) is 11.5. The van der Waals surface area contributed by atoms with Crippen LogP contribution in [0.1, 0.15) is 39.2 Å². The molecule has 0 aliphatic rings. The zero-order chi connectivity index (χ0) is 17.3. The Kier molecular flexibility index (Phi) is 4.26.